The van der Waals surface area contributed by atoms with Gasteiger partial charge in [-0.2, -0.15) is 0 Å². The minimum atomic E-state index is 0.0341. The van der Waals surface area contributed by atoms with Crippen molar-refractivity contribution in [3.8, 4) is 0 Å². The van der Waals surface area contributed by atoms with Crippen LogP contribution in [0.15, 0.2) is 29.1 Å². The topological polar surface area (TPSA) is 66.0 Å². The quantitative estimate of drug-likeness (QED) is 0.668. The van der Waals surface area contributed by atoms with Crippen molar-refractivity contribution in [1.29, 1.82) is 5.41 Å². The number of nitrogen functional groups attached to an aromatic ring is 1. The van der Waals surface area contributed by atoms with E-state index in [0.717, 1.165) is 11.4 Å². The summed E-state index contributed by atoms with van der Waals surface area (Å²) in [6.45, 7) is 0.657. The zero-order valence-corrected chi connectivity index (χ0v) is 11.4. The number of nitrogens with two attached hydrogens (primary N) is 1. The summed E-state index contributed by atoms with van der Waals surface area (Å²) in [6, 6.07) is 5.31. The van der Waals surface area contributed by atoms with E-state index in [9.17, 15) is 0 Å². The highest BCUT2D eigenvalue weighted by Crippen LogP contribution is 2.25. The highest BCUT2D eigenvalue weighted by Gasteiger charge is 2.11. The Hall–Kier alpha value is -1.59. The van der Waals surface area contributed by atoms with Crippen LogP contribution in [0.25, 0.3) is 0 Å². The van der Waals surface area contributed by atoms with Crippen molar-refractivity contribution in [1.82, 2.24) is 4.98 Å². The van der Waals surface area contributed by atoms with Crippen molar-refractivity contribution < 1.29 is 0 Å². The number of hydrogen-bond donors (Lipinski definition) is 2. The van der Waals surface area contributed by atoms with Gasteiger partial charge in [0.2, 0.25) is 0 Å². The average molecular weight is 281 g/mol. The van der Waals surface area contributed by atoms with Crippen molar-refractivity contribution in [2.24, 2.45) is 5.73 Å². The second kappa shape index (κ2) is 5.37. The molecule has 18 heavy (non-hydrogen) atoms. The molecule has 0 fully saturated rings. The van der Waals surface area contributed by atoms with Gasteiger partial charge in [-0.15, -0.1) is 11.3 Å². The smallest absolute Gasteiger partial charge is 0.124 e. The van der Waals surface area contributed by atoms with Crippen molar-refractivity contribution >= 4 is 34.5 Å². The fourth-order valence-electron chi connectivity index (χ4n) is 1.69. The summed E-state index contributed by atoms with van der Waals surface area (Å²) in [5.74, 6) is 0.0341. The first-order valence-electron chi connectivity index (χ1n) is 5.30. The van der Waals surface area contributed by atoms with Crippen LogP contribution in [-0.2, 0) is 6.54 Å². The van der Waals surface area contributed by atoms with Crippen LogP contribution in [0.4, 0.5) is 5.69 Å². The van der Waals surface area contributed by atoms with E-state index in [0.29, 0.717) is 17.1 Å². The molecular weight excluding hydrogens is 268 g/mol. The third-order valence-electron chi connectivity index (χ3n) is 2.54. The van der Waals surface area contributed by atoms with Crippen LogP contribution in [-0.4, -0.2) is 17.9 Å². The SMILES string of the molecule is CN(Cc1cscn1)c1cc(Cl)ccc1C(=N)N. The van der Waals surface area contributed by atoms with Gasteiger partial charge in [0.25, 0.3) is 0 Å². The lowest BCUT2D eigenvalue weighted by atomic mass is 10.1. The van der Waals surface area contributed by atoms with E-state index in [1.807, 2.05) is 23.4 Å². The molecule has 2 rings (SSSR count). The van der Waals surface area contributed by atoms with Crippen LogP contribution in [0, 0.1) is 5.41 Å². The van der Waals surface area contributed by atoms with E-state index in [4.69, 9.17) is 22.7 Å². The van der Waals surface area contributed by atoms with Gasteiger partial charge in [0, 0.05) is 28.7 Å². The van der Waals surface area contributed by atoms with Gasteiger partial charge in [0.1, 0.15) is 5.84 Å². The zero-order valence-electron chi connectivity index (χ0n) is 9.85. The summed E-state index contributed by atoms with van der Waals surface area (Å²) < 4.78 is 0. The summed E-state index contributed by atoms with van der Waals surface area (Å²) in [4.78, 5) is 6.22. The molecule has 0 saturated carbocycles. The molecule has 0 amide bonds. The van der Waals surface area contributed by atoms with E-state index in [1.165, 1.54) is 0 Å². The lowest BCUT2D eigenvalue weighted by molar-refractivity contribution is 0.893. The molecule has 0 aliphatic carbocycles. The van der Waals surface area contributed by atoms with Crippen molar-refractivity contribution in [2.45, 2.75) is 6.54 Å². The fraction of sp³-hybridized carbons (Fsp3) is 0.167. The Morgan fingerprint density at radius 1 is 1.56 bits per heavy atom. The van der Waals surface area contributed by atoms with Gasteiger partial charge in [0.05, 0.1) is 17.7 Å². The van der Waals surface area contributed by atoms with Crippen molar-refractivity contribution in [3.05, 3.63) is 45.4 Å². The molecule has 6 heteroatoms. The van der Waals surface area contributed by atoms with Gasteiger partial charge in [-0.3, -0.25) is 5.41 Å². The van der Waals surface area contributed by atoms with Gasteiger partial charge >= 0.3 is 0 Å². The van der Waals surface area contributed by atoms with E-state index < -0.39 is 0 Å². The number of rotatable bonds is 4. The molecule has 1 heterocycles. The molecular formula is C12H13ClN4S. The minimum Gasteiger partial charge on any atom is -0.384 e. The Morgan fingerprint density at radius 3 is 2.94 bits per heavy atom. The molecule has 0 atom stereocenters. The predicted molar refractivity (Wildman–Crippen MR) is 76.7 cm³/mol. The number of nitrogens with one attached hydrogen (secondary N) is 1. The summed E-state index contributed by atoms with van der Waals surface area (Å²) in [5.41, 5.74) is 9.87. The lowest BCUT2D eigenvalue weighted by Gasteiger charge is -2.21. The van der Waals surface area contributed by atoms with Crippen LogP contribution in [0.1, 0.15) is 11.3 Å². The first-order valence-corrected chi connectivity index (χ1v) is 6.62. The fourth-order valence-corrected chi connectivity index (χ4v) is 2.41. The highest BCUT2D eigenvalue weighted by molar-refractivity contribution is 7.07. The molecule has 0 unspecified atom stereocenters. The maximum Gasteiger partial charge on any atom is 0.124 e. The molecule has 0 aliphatic rings. The number of hydrogen-bond acceptors (Lipinski definition) is 4. The van der Waals surface area contributed by atoms with Crippen LogP contribution in [0.2, 0.25) is 5.02 Å². The van der Waals surface area contributed by atoms with Gasteiger partial charge in [-0.25, -0.2) is 4.98 Å². The van der Waals surface area contributed by atoms with Gasteiger partial charge in [0.15, 0.2) is 0 Å². The Balaban J connectivity index is 2.31. The zero-order chi connectivity index (χ0) is 13.1. The normalized spacial score (nSPS) is 10.3. The van der Waals surface area contributed by atoms with Gasteiger partial charge in [-0.05, 0) is 18.2 Å². The Kier molecular flexibility index (Phi) is 3.84. The third kappa shape index (κ3) is 2.80. The number of amidine groups is 1. The number of thiazole rings is 1. The Bertz CT molecular complexity index is 553. The molecule has 1 aromatic heterocycles. The van der Waals surface area contributed by atoms with E-state index in [-0.39, 0.29) is 5.84 Å². The first kappa shape index (κ1) is 12.9. The molecule has 2 aromatic rings. The van der Waals surface area contributed by atoms with Crippen LogP contribution < -0.4 is 10.6 Å². The summed E-state index contributed by atoms with van der Waals surface area (Å²) in [7, 11) is 1.93. The maximum atomic E-state index is 7.58. The predicted octanol–water partition coefficient (Wildman–Crippen LogP) is 2.72. The van der Waals surface area contributed by atoms with Crippen molar-refractivity contribution in [3.63, 3.8) is 0 Å². The van der Waals surface area contributed by atoms with Crippen LogP contribution in [0.3, 0.4) is 0 Å². The first-order chi connectivity index (χ1) is 8.58. The van der Waals surface area contributed by atoms with Gasteiger partial charge in [-0.1, -0.05) is 11.6 Å². The largest absolute Gasteiger partial charge is 0.384 e. The highest BCUT2D eigenvalue weighted by atomic mass is 35.5. The summed E-state index contributed by atoms with van der Waals surface area (Å²) >= 11 is 7.56. The van der Waals surface area contributed by atoms with E-state index in [1.54, 1.807) is 29.0 Å². The molecule has 0 saturated heterocycles. The molecule has 94 valence electrons. The standard InChI is InChI=1S/C12H13ClN4S/c1-17(5-9-6-18-7-16-9)11-4-8(13)2-3-10(11)12(14)15/h2-4,6-7H,5H2,1H3,(H3,14,15). The third-order valence-corrected chi connectivity index (χ3v) is 3.41. The molecule has 0 radical (unpaired) electrons. The number of aromatic nitrogens is 1. The number of benzene rings is 1. The number of anilines is 1. The maximum absolute atomic E-state index is 7.58. The van der Waals surface area contributed by atoms with Crippen LogP contribution >= 0.6 is 22.9 Å². The molecule has 3 N–H and O–H groups in total. The summed E-state index contributed by atoms with van der Waals surface area (Å²) in [6.07, 6.45) is 0. The summed E-state index contributed by atoms with van der Waals surface area (Å²) in [5, 5.41) is 10.2. The molecule has 4 nitrogen and oxygen atoms in total. The second-order valence-electron chi connectivity index (χ2n) is 3.91. The van der Waals surface area contributed by atoms with Gasteiger partial charge < -0.3 is 10.6 Å². The molecule has 1 aromatic carbocycles. The number of nitrogens with zero attached hydrogens (tertiary/aromatic N) is 2. The van der Waals surface area contributed by atoms with Crippen LogP contribution in [0.5, 0.6) is 0 Å². The molecule has 0 bridgehead atoms. The minimum absolute atomic E-state index is 0.0341. The van der Waals surface area contributed by atoms with E-state index in [2.05, 4.69) is 4.98 Å². The second-order valence-corrected chi connectivity index (χ2v) is 5.07. The average Bonchev–Trinajstić information content (AvgIpc) is 2.81. The van der Waals surface area contributed by atoms with E-state index >= 15 is 0 Å². The number of halogens is 1. The Morgan fingerprint density at radius 2 is 2.33 bits per heavy atom. The monoisotopic (exact) mass is 280 g/mol. The molecule has 0 aliphatic heterocycles. The Labute approximate surface area is 115 Å². The van der Waals surface area contributed by atoms with Crippen molar-refractivity contribution in [2.75, 3.05) is 11.9 Å². The lowest BCUT2D eigenvalue weighted by Crippen LogP contribution is -2.22. The molecule has 0 spiro atoms.